The van der Waals surface area contributed by atoms with Gasteiger partial charge in [-0.25, -0.2) is 0 Å². The van der Waals surface area contributed by atoms with Gasteiger partial charge < -0.3 is 47.4 Å². The SMILES string of the molecule is CCCCCCCCCCCCCCCCCCOCCOCCOCCOCCOCCOCCOCCOCCOC1CCCCO1. The zero-order valence-corrected chi connectivity index (χ0v) is 31.8. The highest BCUT2D eigenvalue weighted by Crippen LogP contribution is 2.14. The van der Waals surface area contributed by atoms with Crippen LogP contribution in [0.25, 0.3) is 0 Å². The van der Waals surface area contributed by atoms with Gasteiger partial charge in [0.2, 0.25) is 0 Å². The second-order valence-corrected chi connectivity index (χ2v) is 12.9. The third kappa shape index (κ3) is 38.7. The minimum Gasteiger partial charge on any atom is -0.379 e. The molecule has 0 amide bonds. The molecule has 1 saturated heterocycles. The van der Waals surface area contributed by atoms with E-state index < -0.39 is 0 Å². The van der Waals surface area contributed by atoms with E-state index in [0.717, 1.165) is 32.5 Å². The lowest BCUT2D eigenvalue weighted by molar-refractivity contribution is -0.169. The van der Waals surface area contributed by atoms with Crippen molar-refractivity contribution in [3.8, 4) is 0 Å². The maximum absolute atomic E-state index is 5.69. The minimum absolute atomic E-state index is 0.0581. The summed E-state index contributed by atoms with van der Waals surface area (Å²) in [6.07, 6.45) is 25.5. The van der Waals surface area contributed by atoms with Crippen LogP contribution in [0.3, 0.4) is 0 Å². The maximum Gasteiger partial charge on any atom is 0.157 e. The van der Waals surface area contributed by atoms with Crippen LogP contribution in [0, 0.1) is 0 Å². The molecule has 10 heteroatoms. The highest BCUT2D eigenvalue weighted by molar-refractivity contribution is 4.54. The summed E-state index contributed by atoms with van der Waals surface area (Å²) in [5.41, 5.74) is 0. The lowest BCUT2D eigenvalue weighted by Crippen LogP contribution is -2.24. The van der Waals surface area contributed by atoms with Crippen molar-refractivity contribution in [1.82, 2.24) is 0 Å². The van der Waals surface area contributed by atoms with Crippen LogP contribution in [0.15, 0.2) is 0 Å². The summed E-state index contributed by atoms with van der Waals surface area (Å²) < 4.78 is 55.5. The van der Waals surface area contributed by atoms with Crippen LogP contribution >= 0.6 is 0 Å². The fourth-order valence-corrected chi connectivity index (χ4v) is 5.47. The van der Waals surface area contributed by atoms with E-state index in [-0.39, 0.29) is 6.29 Å². The molecule has 0 bridgehead atoms. The van der Waals surface area contributed by atoms with Crippen molar-refractivity contribution < 1.29 is 47.4 Å². The van der Waals surface area contributed by atoms with Gasteiger partial charge in [0.1, 0.15) is 0 Å². The van der Waals surface area contributed by atoms with Crippen LogP contribution in [0.5, 0.6) is 0 Å². The topological polar surface area (TPSA) is 92.3 Å². The molecule has 0 aromatic rings. The van der Waals surface area contributed by atoms with Crippen LogP contribution in [-0.2, 0) is 47.4 Å². The van der Waals surface area contributed by atoms with Gasteiger partial charge in [0.05, 0.1) is 106 Å². The van der Waals surface area contributed by atoms with E-state index in [2.05, 4.69) is 6.92 Å². The average Bonchev–Trinajstić information content (AvgIpc) is 3.12. The van der Waals surface area contributed by atoms with Crippen molar-refractivity contribution in [1.29, 1.82) is 0 Å². The molecule has 294 valence electrons. The van der Waals surface area contributed by atoms with Gasteiger partial charge in [-0.15, -0.1) is 0 Å². The van der Waals surface area contributed by atoms with Crippen molar-refractivity contribution >= 4 is 0 Å². The van der Waals surface area contributed by atoms with Gasteiger partial charge >= 0.3 is 0 Å². The molecular weight excluding hydrogens is 628 g/mol. The first-order chi connectivity index (χ1) is 24.4. The molecule has 1 fully saturated rings. The van der Waals surface area contributed by atoms with Gasteiger partial charge in [0.25, 0.3) is 0 Å². The van der Waals surface area contributed by atoms with Crippen LogP contribution < -0.4 is 0 Å². The molecule has 0 N–H and O–H groups in total. The normalized spacial score (nSPS) is 15.0. The van der Waals surface area contributed by atoms with Crippen molar-refractivity contribution in [2.24, 2.45) is 0 Å². The molecule has 0 aliphatic carbocycles. The molecule has 0 aromatic carbocycles. The molecule has 1 aliphatic rings. The van der Waals surface area contributed by atoms with Crippen LogP contribution in [-0.4, -0.2) is 125 Å². The van der Waals surface area contributed by atoms with Gasteiger partial charge in [0.15, 0.2) is 6.29 Å². The quantitative estimate of drug-likeness (QED) is 0.0583. The second-order valence-electron chi connectivity index (χ2n) is 12.9. The van der Waals surface area contributed by atoms with Crippen molar-refractivity contribution in [2.75, 3.05) is 119 Å². The molecule has 1 heterocycles. The summed E-state index contributed by atoms with van der Waals surface area (Å²) in [6, 6.07) is 0. The molecule has 1 unspecified atom stereocenters. The Balaban J connectivity index is 1.59. The fraction of sp³-hybridized carbons (Fsp3) is 1.00. The molecule has 1 atom stereocenters. The third-order valence-electron chi connectivity index (χ3n) is 8.42. The molecule has 1 aliphatic heterocycles. The first-order valence-electron chi connectivity index (χ1n) is 20.3. The Hall–Kier alpha value is -0.400. The van der Waals surface area contributed by atoms with Crippen molar-refractivity contribution in [2.45, 2.75) is 135 Å². The summed E-state index contributed by atoms with van der Waals surface area (Å²) in [6.45, 7) is 12.9. The third-order valence-corrected chi connectivity index (χ3v) is 8.42. The van der Waals surface area contributed by atoms with E-state index in [4.69, 9.17) is 47.4 Å². The van der Waals surface area contributed by atoms with E-state index in [1.165, 1.54) is 103 Å². The van der Waals surface area contributed by atoms with Gasteiger partial charge in [-0.1, -0.05) is 103 Å². The van der Waals surface area contributed by atoms with Crippen molar-refractivity contribution in [3.63, 3.8) is 0 Å². The molecular formula is C39H78O10. The predicted octanol–water partition coefficient (Wildman–Crippen LogP) is 7.92. The fourth-order valence-electron chi connectivity index (χ4n) is 5.47. The zero-order chi connectivity index (χ0) is 34.8. The summed E-state index contributed by atoms with van der Waals surface area (Å²) in [5, 5.41) is 0. The van der Waals surface area contributed by atoms with Gasteiger partial charge in [-0.2, -0.15) is 0 Å². The Morgan fingerprint density at radius 1 is 0.347 bits per heavy atom. The highest BCUT2D eigenvalue weighted by Gasteiger charge is 2.13. The van der Waals surface area contributed by atoms with Gasteiger partial charge in [-0.05, 0) is 25.7 Å². The summed E-state index contributed by atoms with van der Waals surface area (Å²) in [7, 11) is 0. The van der Waals surface area contributed by atoms with E-state index in [9.17, 15) is 0 Å². The second kappa shape index (κ2) is 42.0. The maximum atomic E-state index is 5.69. The zero-order valence-electron chi connectivity index (χ0n) is 31.8. The van der Waals surface area contributed by atoms with Gasteiger partial charge in [0, 0.05) is 13.2 Å². The monoisotopic (exact) mass is 707 g/mol. The minimum atomic E-state index is -0.0581. The smallest absolute Gasteiger partial charge is 0.157 e. The first-order valence-corrected chi connectivity index (χ1v) is 20.3. The molecule has 10 nitrogen and oxygen atoms in total. The van der Waals surface area contributed by atoms with Crippen LogP contribution in [0.1, 0.15) is 129 Å². The molecule has 0 spiro atoms. The first kappa shape index (κ1) is 46.6. The Labute approximate surface area is 301 Å². The Morgan fingerprint density at radius 3 is 0.980 bits per heavy atom. The molecule has 0 radical (unpaired) electrons. The highest BCUT2D eigenvalue weighted by atomic mass is 16.7. The van der Waals surface area contributed by atoms with E-state index in [0.29, 0.717) is 106 Å². The van der Waals surface area contributed by atoms with Crippen LogP contribution in [0.4, 0.5) is 0 Å². The van der Waals surface area contributed by atoms with E-state index in [1.807, 2.05) is 0 Å². The lowest BCUT2D eigenvalue weighted by atomic mass is 10.0. The van der Waals surface area contributed by atoms with Crippen LogP contribution in [0.2, 0.25) is 0 Å². The van der Waals surface area contributed by atoms with E-state index in [1.54, 1.807) is 0 Å². The predicted molar refractivity (Wildman–Crippen MR) is 196 cm³/mol. The number of ether oxygens (including phenoxy) is 10. The number of hydrogen-bond donors (Lipinski definition) is 0. The summed E-state index contributed by atoms with van der Waals surface area (Å²) in [5.74, 6) is 0. The molecule has 49 heavy (non-hydrogen) atoms. The Bertz CT molecular complexity index is 594. The Morgan fingerprint density at radius 2 is 0.653 bits per heavy atom. The summed E-state index contributed by atoms with van der Waals surface area (Å²) >= 11 is 0. The molecule has 1 rings (SSSR count). The van der Waals surface area contributed by atoms with Crippen molar-refractivity contribution in [3.05, 3.63) is 0 Å². The Kier molecular flexibility index (Phi) is 40.0. The molecule has 0 aromatic heterocycles. The van der Waals surface area contributed by atoms with Gasteiger partial charge in [-0.3, -0.25) is 0 Å². The number of hydrogen-bond acceptors (Lipinski definition) is 10. The largest absolute Gasteiger partial charge is 0.379 e. The van der Waals surface area contributed by atoms with E-state index >= 15 is 0 Å². The average molecular weight is 707 g/mol. The number of unbranched alkanes of at least 4 members (excludes halogenated alkanes) is 15. The lowest BCUT2D eigenvalue weighted by Gasteiger charge is -2.22. The molecule has 0 saturated carbocycles. The summed E-state index contributed by atoms with van der Waals surface area (Å²) in [4.78, 5) is 0. The number of rotatable bonds is 42. The standard InChI is InChI=1S/C39H78O10/c1-2-3-4-5-6-7-8-9-10-11-12-13-14-15-16-18-21-40-23-24-41-25-26-42-27-28-43-29-30-44-31-32-45-33-34-46-35-36-47-37-38-49-39-20-17-19-22-48-39/h39H,2-38H2,1H3.